The van der Waals surface area contributed by atoms with E-state index in [9.17, 15) is 9.59 Å². The first-order chi connectivity index (χ1) is 13.2. The molecular weight excluding hydrogens is 344 g/mol. The van der Waals surface area contributed by atoms with E-state index in [2.05, 4.69) is 15.6 Å². The lowest BCUT2D eigenvalue weighted by atomic mass is 10.0. The molecule has 3 amide bonds. The number of ether oxygens (including phenoxy) is 1. The standard InChI is InChI=1S/C20H30N4O3/c25-19(18-6-4-14-27-18)24-13-9-16(15-24)5-2-1-3-10-22-20(26)23-17-7-11-21-12-8-17/h7-8,11-12,16,18H,1-6,9-10,13-15H2,(H2,21,22,23,26). The normalized spacial score (nSPS) is 22.0. The molecule has 3 rings (SSSR count). The Kier molecular flexibility index (Phi) is 7.45. The molecule has 2 aliphatic rings. The third-order valence-electron chi connectivity index (χ3n) is 5.32. The van der Waals surface area contributed by atoms with Crippen LogP contribution in [0, 0.1) is 5.92 Å². The van der Waals surface area contributed by atoms with Crippen LogP contribution < -0.4 is 10.6 Å². The lowest BCUT2D eigenvalue weighted by Crippen LogP contribution is -2.37. The van der Waals surface area contributed by atoms with Crippen LogP contribution in [-0.2, 0) is 9.53 Å². The number of amides is 3. The summed E-state index contributed by atoms with van der Waals surface area (Å²) in [6.45, 7) is 3.15. The summed E-state index contributed by atoms with van der Waals surface area (Å²) >= 11 is 0. The maximum absolute atomic E-state index is 12.4. The quantitative estimate of drug-likeness (QED) is 0.686. The van der Waals surface area contributed by atoms with Gasteiger partial charge in [-0.15, -0.1) is 0 Å². The molecule has 2 unspecified atom stereocenters. The monoisotopic (exact) mass is 374 g/mol. The van der Waals surface area contributed by atoms with Crippen molar-refractivity contribution >= 4 is 17.6 Å². The Balaban J connectivity index is 1.21. The number of carbonyl (C=O) groups is 2. The number of urea groups is 1. The fraction of sp³-hybridized carbons (Fsp3) is 0.650. The predicted molar refractivity (Wildman–Crippen MR) is 103 cm³/mol. The molecule has 7 heteroatoms. The Bertz CT molecular complexity index is 605. The van der Waals surface area contributed by atoms with Gasteiger partial charge in [0.1, 0.15) is 6.10 Å². The van der Waals surface area contributed by atoms with Gasteiger partial charge in [0.05, 0.1) is 0 Å². The predicted octanol–water partition coefficient (Wildman–Crippen LogP) is 2.79. The van der Waals surface area contributed by atoms with Gasteiger partial charge < -0.3 is 20.3 Å². The van der Waals surface area contributed by atoms with Gasteiger partial charge in [-0.3, -0.25) is 9.78 Å². The summed E-state index contributed by atoms with van der Waals surface area (Å²) in [6, 6.07) is 3.34. The average Bonchev–Trinajstić information content (AvgIpc) is 3.37. The van der Waals surface area contributed by atoms with Gasteiger partial charge >= 0.3 is 6.03 Å². The summed E-state index contributed by atoms with van der Waals surface area (Å²) in [4.78, 5) is 30.0. The van der Waals surface area contributed by atoms with E-state index in [0.29, 0.717) is 12.5 Å². The van der Waals surface area contributed by atoms with Crippen molar-refractivity contribution in [3.05, 3.63) is 24.5 Å². The molecule has 2 aliphatic heterocycles. The number of unbranched alkanes of at least 4 members (excludes halogenated alkanes) is 2. The fourth-order valence-electron chi connectivity index (χ4n) is 3.79. The Morgan fingerprint density at radius 2 is 2.04 bits per heavy atom. The van der Waals surface area contributed by atoms with E-state index >= 15 is 0 Å². The van der Waals surface area contributed by atoms with Crippen molar-refractivity contribution in [1.29, 1.82) is 0 Å². The van der Waals surface area contributed by atoms with Crippen LogP contribution in [0.5, 0.6) is 0 Å². The van der Waals surface area contributed by atoms with E-state index in [-0.39, 0.29) is 18.0 Å². The molecule has 1 aromatic heterocycles. The van der Waals surface area contributed by atoms with Gasteiger partial charge in [-0.2, -0.15) is 0 Å². The number of rotatable bonds is 8. The van der Waals surface area contributed by atoms with Gasteiger partial charge in [-0.25, -0.2) is 4.79 Å². The van der Waals surface area contributed by atoms with Crippen molar-refractivity contribution in [2.24, 2.45) is 5.92 Å². The van der Waals surface area contributed by atoms with Crippen molar-refractivity contribution in [1.82, 2.24) is 15.2 Å². The number of nitrogens with one attached hydrogen (secondary N) is 2. The second-order valence-electron chi connectivity index (χ2n) is 7.41. The maximum atomic E-state index is 12.4. The van der Waals surface area contributed by atoms with Crippen LogP contribution >= 0.6 is 0 Å². The van der Waals surface area contributed by atoms with Crippen molar-refractivity contribution in [2.45, 2.75) is 51.0 Å². The van der Waals surface area contributed by atoms with Crippen molar-refractivity contribution in [3.63, 3.8) is 0 Å². The van der Waals surface area contributed by atoms with Gasteiger partial charge in [0, 0.05) is 44.3 Å². The summed E-state index contributed by atoms with van der Waals surface area (Å²) in [5, 5.41) is 5.65. The first-order valence-electron chi connectivity index (χ1n) is 10.1. The molecule has 3 heterocycles. The zero-order valence-corrected chi connectivity index (χ0v) is 15.9. The van der Waals surface area contributed by atoms with Crippen LogP contribution in [0.3, 0.4) is 0 Å². The van der Waals surface area contributed by atoms with Crippen LogP contribution in [-0.4, -0.2) is 54.2 Å². The van der Waals surface area contributed by atoms with E-state index in [4.69, 9.17) is 4.74 Å². The van der Waals surface area contributed by atoms with Crippen LogP contribution in [0.2, 0.25) is 0 Å². The number of nitrogens with zero attached hydrogens (tertiary/aromatic N) is 2. The van der Waals surface area contributed by atoms with Crippen LogP contribution in [0.15, 0.2) is 24.5 Å². The Labute approximate surface area is 160 Å². The lowest BCUT2D eigenvalue weighted by molar-refractivity contribution is -0.139. The summed E-state index contributed by atoms with van der Waals surface area (Å²) in [5.74, 6) is 0.803. The smallest absolute Gasteiger partial charge is 0.319 e. The number of hydrogen-bond donors (Lipinski definition) is 2. The molecule has 0 aromatic carbocycles. The Morgan fingerprint density at radius 3 is 2.81 bits per heavy atom. The van der Waals surface area contributed by atoms with Crippen LogP contribution in [0.1, 0.15) is 44.9 Å². The SMILES string of the molecule is O=C(NCCCCCC1CCN(C(=O)C2CCCO2)C1)Nc1ccncc1. The molecule has 0 aliphatic carbocycles. The van der Waals surface area contributed by atoms with E-state index in [1.807, 2.05) is 4.90 Å². The summed E-state index contributed by atoms with van der Waals surface area (Å²) in [6.07, 6.45) is 10.4. The summed E-state index contributed by atoms with van der Waals surface area (Å²) < 4.78 is 5.51. The second kappa shape index (κ2) is 10.3. The van der Waals surface area contributed by atoms with Gasteiger partial charge in [0.25, 0.3) is 5.91 Å². The largest absolute Gasteiger partial charge is 0.368 e. The summed E-state index contributed by atoms with van der Waals surface area (Å²) in [5.41, 5.74) is 0.742. The molecule has 2 N–H and O–H groups in total. The molecule has 0 spiro atoms. The molecule has 0 bridgehead atoms. The molecule has 2 saturated heterocycles. The molecule has 0 saturated carbocycles. The van der Waals surface area contributed by atoms with Gasteiger partial charge in [-0.1, -0.05) is 12.8 Å². The van der Waals surface area contributed by atoms with E-state index in [1.165, 1.54) is 0 Å². The lowest BCUT2D eigenvalue weighted by Gasteiger charge is -2.20. The van der Waals surface area contributed by atoms with E-state index in [1.54, 1.807) is 24.5 Å². The maximum Gasteiger partial charge on any atom is 0.319 e. The molecule has 27 heavy (non-hydrogen) atoms. The highest BCUT2D eigenvalue weighted by molar-refractivity contribution is 5.89. The highest BCUT2D eigenvalue weighted by atomic mass is 16.5. The number of likely N-dealkylation sites (tertiary alicyclic amines) is 1. The van der Waals surface area contributed by atoms with E-state index in [0.717, 1.165) is 70.3 Å². The minimum absolute atomic E-state index is 0.180. The van der Waals surface area contributed by atoms with Gasteiger partial charge in [0.2, 0.25) is 0 Å². The van der Waals surface area contributed by atoms with Crippen molar-refractivity contribution < 1.29 is 14.3 Å². The minimum Gasteiger partial charge on any atom is -0.368 e. The zero-order valence-electron chi connectivity index (χ0n) is 15.9. The van der Waals surface area contributed by atoms with Crippen LogP contribution in [0.4, 0.5) is 10.5 Å². The third kappa shape index (κ3) is 6.20. The molecule has 1 aromatic rings. The van der Waals surface area contributed by atoms with Gasteiger partial charge in [0.15, 0.2) is 0 Å². The minimum atomic E-state index is -0.187. The number of aromatic nitrogens is 1. The molecule has 2 fully saturated rings. The number of hydrogen-bond acceptors (Lipinski definition) is 4. The van der Waals surface area contributed by atoms with Crippen molar-refractivity contribution in [2.75, 3.05) is 31.6 Å². The van der Waals surface area contributed by atoms with Crippen molar-refractivity contribution in [3.8, 4) is 0 Å². The summed E-state index contributed by atoms with van der Waals surface area (Å²) in [7, 11) is 0. The number of anilines is 1. The molecular formula is C20H30N4O3. The first kappa shape index (κ1) is 19.6. The van der Waals surface area contributed by atoms with Gasteiger partial charge in [-0.05, 0) is 50.2 Å². The topological polar surface area (TPSA) is 83.6 Å². The average molecular weight is 374 g/mol. The fourth-order valence-corrected chi connectivity index (χ4v) is 3.79. The van der Waals surface area contributed by atoms with E-state index < -0.39 is 0 Å². The second-order valence-corrected chi connectivity index (χ2v) is 7.41. The third-order valence-corrected chi connectivity index (χ3v) is 5.32. The molecule has 148 valence electrons. The van der Waals surface area contributed by atoms with Crippen LogP contribution in [0.25, 0.3) is 0 Å². The Hall–Kier alpha value is -2.15. The zero-order chi connectivity index (χ0) is 18.9. The Morgan fingerprint density at radius 1 is 1.19 bits per heavy atom. The molecule has 0 radical (unpaired) electrons. The highest BCUT2D eigenvalue weighted by Crippen LogP contribution is 2.24. The molecule has 7 nitrogen and oxygen atoms in total. The number of carbonyl (C=O) groups excluding carboxylic acids is 2. The number of pyridine rings is 1. The molecule has 2 atom stereocenters. The first-order valence-corrected chi connectivity index (χ1v) is 10.1. The highest BCUT2D eigenvalue weighted by Gasteiger charge is 2.32.